The van der Waals surface area contributed by atoms with Gasteiger partial charge in [0.1, 0.15) is 5.60 Å². The van der Waals surface area contributed by atoms with Crippen molar-refractivity contribution in [2.45, 2.75) is 47.1 Å². The monoisotopic (exact) mass is 246 g/mol. The van der Waals surface area contributed by atoms with Gasteiger partial charge in [-0.05, 0) is 26.2 Å². The van der Waals surface area contributed by atoms with Gasteiger partial charge >= 0.3 is 6.09 Å². The van der Waals surface area contributed by atoms with Crippen molar-refractivity contribution in [1.82, 2.24) is 5.32 Å². The molecule has 0 fully saturated rings. The lowest BCUT2D eigenvalue weighted by Gasteiger charge is -2.30. The van der Waals surface area contributed by atoms with Gasteiger partial charge in [-0.25, -0.2) is 10.7 Å². The molecule has 0 aromatic carbocycles. The summed E-state index contributed by atoms with van der Waals surface area (Å²) in [6, 6.07) is 0. The summed E-state index contributed by atoms with van der Waals surface area (Å²) in [7, 11) is 0. The van der Waals surface area contributed by atoms with Gasteiger partial charge in [-0.2, -0.15) is 0 Å². The van der Waals surface area contributed by atoms with Crippen molar-refractivity contribution in [1.29, 1.82) is 0 Å². The summed E-state index contributed by atoms with van der Waals surface area (Å²) >= 11 is 0. The number of hydrogen-bond acceptors (Lipinski definition) is 4. The van der Waals surface area contributed by atoms with E-state index in [1.807, 2.05) is 20.8 Å². The summed E-state index contributed by atoms with van der Waals surface area (Å²) < 4.78 is 5.16. The molecular formula is C12H26N2O3. The number of amides is 1. The molecule has 0 aliphatic rings. The highest BCUT2D eigenvalue weighted by Gasteiger charge is 2.26. The zero-order chi connectivity index (χ0) is 13.7. The van der Waals surface area contributed by atoms with E-state index >= 15 is 0 Å². The minimum Gasteiger partial charge on any atom is -0.444 e. The number of nitrogens with two attached hydrogens (primary N) is 1. The second kappa shape index (κ2) is 6.21. The fourth-order valence-corrected chi connectivity index (χ4v) is 1.25. The Morgan fingerprint density at radius 2 is 1.76 bits per heavy atom. The lowest BCUT2D eigenvalue weighted by molar-refractivity contribution is 0.0386. The number of hydrogen-bond donors (Lipinski definition) is 2. The normalized spacial score (nSPS) is 14.3. The fourth-order valence-electron chi connectivity index (χ4n) is 1.25. The van der Waals surface area contributed by atoms with Crippen LogP contribution >= 0.6 is 0 Å². The van der Waals surface area contributed by atoms with Gasteiger partial charge in [0.15, 0.2) is 0 Å². The molecule has 1 unspecified atom stereocenters. The van der Waals surface area contributed by atoms with E-state index in [0.29, 0.717) is 13.2 Å². The van der Waals surface area contributed by atoms with Crippen LogP contribution in [0.5, 0.6) is 0 Å². The number of rotatable bonds is 4. The first-order chi connectivity index (χ1) is 7.56. The van der Waals surface area contributed by atoms with E-state index < -0.39 is 11.7 Å². The third-order valence-corrected chi connectivity index (χ3v) is 2.41. The van der Waals surface area contributed by atoms with E-state index in [1.165, 1.54) is 0 Å². The van der Waals surface area contributed by atoms with E-state index in [1.54, 1.807) is 0 Å². The SMILES string of the molecule is CC(C)(C)OC(=O)NCC(CON)C(C)(C)C. The van der Waals surface area contributed by atoms with Crippen molar-refractivity contribution in [3.63, 3.8) is 0 Å². The van der Waals surface area contributed by atoms with Gasteiger partial charge < -0.3 is 14.9 Å². The van der Waals surface area contributed by atoms with Gasteiger partial charge in [0.25, 0.3) is 0 Å². The molecule has 0 aliphatic carbocycles. The molecule has 0 aromatic heterocycles. The average molecular weight is 246 g/mol. The molecule has 0 saturated heterocycles. The van der Waals surface area contributed by atoms with Crippen LogP contribution in [-0.4, -0.2) is 24.8 Å². The van der Waals surface area contributed by atoms with Crippen molar-refractivity contribution >= 4 is 6.09 Å². The van der Waals surface area contributed by atoms with Crippen LogP contribution in [0.3, 0.4) is 0 Å². The average Bonchev–Trinajstić information content (AvgIpc) is 2.07. The number of alkyl carbamates (subject to hydrolysis) is 1. The van der Waals surface area contributed by atoms with Gasteiger partial charge in [0.05, 0.1) is 6.61 Å². The fraction of sp³-hybridized carbons (Fsp3) is 0.917. The van der Waals surface area contributed by atoms with Gasteiger partial charge in [-0.1, -0.05) is 20.8 Å². The van der Waals surface area contributed by atoms with Crippen LogP contribution in [0.2, 0.25) is 0 Å². The second-order valence-electron chi connectivity index (χ2n) is 6.28. The van der Waals surface area contributed by atoms with Crippen LogP contribution in [0.4, 0.5) is 4.79 Å². The summed E-state index contributed by atoms with van der Waals surface area (Å²) in [5.74, 6) is 5.23. The molecule has 0 aliphatic heterocycles. The van der Waals surface area contributed by atoms with E-state index in [-0.39, 0.29) is 11.3 Å². The van der Waals surface area contributed by atoms with Crippen LogP contribution < -0.4 is 11.2 Å². The number of carbonyl (C=O) groups is 1. The Morgan fingerprint density at radius 1 is 1.24 bits per heavy atom. The Morgan fingerprint density at radius 3 is 2.12 bits per heavy atom. The number of ether oxygens (including phenoxy) is 1. The Kier molecular flexibility index (Phi) is 5.92. The molecule has 0 aromatic rings. The zero-order valence-corrected chi connectivity index (χ0v) is 11.8. The van der Waals surface area contributed by atoms with Gasteiger partial charge in [0, 0.05) is 12.5 Å². The predicted molar refractivity (Wildman–Crippen MR) is 67.3 cm³/mol. The predicted octanol–water partition coefficient (Wildman–Crippen LogP) is 2.06. The molecule has 1 atom stereocenters. The highest BCUT2D eigenvalue weighted by Crippen LogP contribution is 2.25. The van der Waals surface area contributed by atoms with Gasteiger partial charge in [0.2, 0.25) is 0 Å². The minimum absolute atomic E-state index is 0.00832. The molecule has 0 spiro atoms. The third kappa shape index (κ3) is 7.99. The molecule has 0 rings (SSSR count). The van der Waals surface area contributed by atoms with Crippen LogP contribution in [0.1, 0.15) is 41.5 Å². The van der Waals surface area contributed by atoms with E-state index in [0.717, 1.165) is 0 Å². The van der Waals surface area contributed by atoms with Crippen molar-refractivity contribution in [2.75, 3.05) is 13.2 Å². The van der Waals surface area contributed by atoms with E-state index in [2.05, 4.69) is 30.9 Å². The molecule has 3 N–H and O–H groups in total. The van der Waals surface area contributed by atoms with Crippen molar-refractivity contribution in [3.05, 3.63) is 0 Å². The van der Waals surface area contributed by atoms with Crippen molar-refractivity contribution in [3.8, 4) is 0 Å². The molecule has 5 heteroatoms. The van der Waals surface area contributed by atoms with Crippen LogP contribution in [0.15, 0.2) is 0 Å². The molecule has 5 nitrogen and oxygen atoms in total. The number of nitrogens with one attached hydrogen (secondary N) is 1. The molecular weight excluding hydrogens is 220 g/mol. The molecule has 17 heavy (non-hydrogen) atoms. The van der Waals surface area contributed by atoms with Crippen molar-refractivity contribution in [2.24, 2.45) is 17.2 Å². The zero-order valence-electron chi connectivity index (χ0n) is 11.8. The Labute approximate surface area is 104 Å². The summed E-state index contributed by atoms with van der Waals surface area (Å²) in [4.78, 5) is 16.2. The Balaban J connectivity index is 4.18. The Hall–Kier alpha value is -0.810. The first-order valence-corrected chi connectivity index (χ1v) is 5.85. The van der Waals surface area contributed by atoms with Crippen LogP contribution in [-0.2, 0) is 9.57 Å². The topological polar surface area (TPSA) is 73.6 Å². The van der Waals surface area contributed by atoms with Crippen LogP contribution in [0, 0.1) is 11.3 Å². The van der Waals surface area contributed by atoms with Gasteiger partial charge in [-0.15, -0.1) is 0 Å². The second-order valence-corrected chi connectivity index (χ2v) is 6.28. The standard InChI is InChI=1S/C12H26N2O3/c1-11(2,3)9(8-16-13)7-14-10(15)17-12(4,5)6/h9H,7-8,13H2,1-6H3,(H,14,15). The smallest absolute Gasteiger partial charge is 0.407 e. The lowest BCUT2D eigenvalue weighted by atomic mass is 9.81. The maximum atomic E-state index is 11.5. The summed E-state index contributed by atoms with van der Waals surface area (Å²) in [5, 5.41) is 2.73. The summed E-state index contributed by atoms with van der Waals surface area (Å²) in [5.41, 5.74) is -0.472. The molecule has 1 amide bonds. The first-order valence-electron chi connectivity index (χ1n) is 5.85. The third-order valence-electron chi connectivity index (χ3n) is 2.41. The molecule has 0 heterocycles. The highest BCUT2D eigenvalue weighted by atomic mass is 16.6. The maximum Gasteiger partial charge on any atom is 0.407 e. The quantitative estimate of drug-likeness (QED) is 0.745. The van der Waals surface area contributed by atoms with E-state index in [4.69, 9.17) is 10.6 Å². The van der Waals surface area contributed by atoms with Crippen LogP contribution in [0.25, 0.3) is 0 Å². The lowest BCUT2D eigenvalue weighted by Crippen LogP contribution is -2.40. The molecule has 0 bridgehead atoms. The Bertz CT molecular complexity index is 241. The summed E-state index contributed by atoms with van der Waals surface area (Å²) in [6.07, 6.45) is -0.413. The largest absolute Gasteiger partial charge is 0.444 e. The minimum atomic E-state index is -0.480. The molecule has 0 saturated carbocycles. The first kappa shape index (κ1) is 16.2. The summed E-state index contributed by atoms with van der Waals surface area (Å²) in [6.45, 7) is 12.6. The maximum absolute atomic E-state index is 11.5. The number of carbonyl (C=O) groups excluding carboxylic acids is 1. The van der Waals surface area contributed by atoms with Gasteiger partial charge in [-0.3, -0.25) is 0 Å². The van der Waals surface area contributed by atoms with E-state index in [9.17, 15) is 4.79 Å². The molecule has 102 valence electrons. The highest BCUT2D eigenvalue weighted by molar-refractivity contribution is 5.67. The van der Waals surface area contributed by atoms with Crippen molar-refractivity contribution < 1.29 is 14.4 Å². The molecule has 0 radical (unpaired) electrons.